The minimum absolute atomic E-state index is 0.626. The molecule has 0 saturated carbocycles. The van der Waals surface area contributed by atoms with Crippen LogP contribution in [0.25, 0.3) is 0 Å². The number of hydrogen-bond donors (Lipinski definition) is 1. The third kappa shape index (κ3) is 7.25. The van der Waals surface area contributed by atoms with Crippen molar-refractivity contribution in [2.24, 2.45) is 5.92 Å². The summed E-state index contributed by atoms with van der Waals surface area (Å²) in [4.78, 5) is 4.73. The van der Waals surface area contributed by atoms with Gasteiger partial charge in [-0.15, -0.1) is 0 Å². The predicted molar refractivity (Wildman–Crippen MR) is 81.7 cm³/mol. The third-order valence-electron chi connectivity index (χ3n) is 3.74. The van der Waals surface area contributed by atoms with Crippen LogP contribution in [0.4, 0.5) is 0 Å². The first-order valence-electron chi connectivity index (χ1n) is 7.69. The molecule has 1 aliphatic heterocycles. The summed E-state index contributed by atoms with van der Waals surface area (Å²) in [6.45, 7) is 12.9. The SMILES string of the molecule is CC(C)CC1CN(CCOCCN(C)C)C(C)CN1. The van der Waals surface area contributed by atoms with Crippen LogP contribution in [-0.4, -0.2) is 75.4 Å². The zero-order chi connectivity index (χ0) is 14.3. The van der Waals surface area contributed by atoms with Crippen molar-refractivity contribution in [2.75, 3.05) is 53.5 Å². The maximum atomic E-state index is 5.71. The second-order valence-corrected chi connectivity index (χ2v) is 6.49. The molecule has 0 aromatic heterocycles. The molecule has 0 amide bonds. The first-order valence-corrected chi connectivity index (χ1v) is 7.69. The zero-order valence-corrected chi connectivity index (χ0v) is 13.5. The van der Waals surface area contributed by atoms with Gasteiger partial charge in [-0.1, -0.05) is 13.8 Å². The van der Waals surface area contributed by atoms with E-state index in [1.807, 2.05) is 0 Å². The predicted octanol–water partition coefficient (Wildman–Crippen LogP) is 1.27. The van der Waals surface area contributed by atoms with Gasteiger partial charge >= 0.3 is 0 Å². The van der Waals surface area contributed by atoms with Crippen LogP contribution in [-0.2, 0) is 4.74 Å². The molecule has 2 unspecified atom stereocenters. The van der Waals surface area contributed by atoms with Gasteiger partial charge in [0.1, 0.15) is 0 Å². The van der Waals surface area contributed by atoms with E-state index >= 15 is 0 Å². The van der Waals surface area contributed by atoms with Crippen molar-refractivity contribution < 1.29 is 4.74 Å². The molecule has 1 N–H and O–H groups in total. The summed E-state index contributed by atoms with van der Waals surface area (Å²) >= 11 is 0. The second kappa shape index (κ2) is 8.90. The van der Waals surface area contributed by atoms with Gasteiger partial charge in [0.25, 0.3) is 0 Å². The van der Waals surface area contributed by atoms with Crippen molar-refractivity contribution in [2.45, 2.75) is 39.3 Å². The van der Waals surface area contributed by atoms with Gasteiger partial charge in [0.05, 0.1) is 13.2 Å². The fraction of sp³-hybridized carbons (Fsp3) is 1.00. The Labute approximate surface area is 119 Å². The molecular weight excluding hydrogens is 238 g/mol. The Hall–Kier alpha value is -0.160. The minimum Gasteiger partial charge on any atom is -0.379 e. The topological polar surface area (TPSA) is 27.7 Å². The van der Waals surface area contributed by atoms with Crippen LogP contribution in [0.3, 0.4) is 0 Å². The van der Waals surface area contributed by atoms with Gasteiger partial charge in [-0.3, -0.25) is 4.90 Å². The van der Waals surface area contributed by atoms with Crippen LogP contribution in [0, 0.1) is 5.92 Å². The summed E-state index contributed by atoms with van der Waals surface area (Å²) in [5.41, 5.74) is 0. The molecule has 1 rings (SSSR count). The first kappa shape index (κ1) is 16.9. The van der Waals surface area contributed by atoms with E-state index in [1.54, 1.807) is 0 Å². The van der Waals surface area contributed by atoms with Crippen LogP contribution >= 0.6 is 0 Å². The van der Waals surface area contributed by atoms with Crippen molar-refractivity contribution in [3.05, 3.63) is 0 Å². The van der Waals surface area contributed by atoms with Crippen LogP contribution in [0.1, 0.15) is 27.2 Å². The molecule has 4 nitrogen and oxygen atoms in total. The minimum atomic E-state index is 0.626. The maximum absolute atomic E-state index is 5.71. The van der Waals surface area contributed by atoms with Gasteiger partial charge in [-0.05, 0) is 33.4 Å². The summed E-state index contributed by atoms with van der Waals surface area (Å²) in [7, 11) is 4.16. The van der Waals surface area contributed by atoms with Crippen molar-refractivity contribution in [1.82, 2.24) is 15.1 Å². The summed E-state index contributed by atoms with van der Waals surface area (Å²) in [6, 6.07) is 1.28. The number of piperazine rings is 1. The summed E-state index contributed by atoms with van der Waals surface area (Å²) < 4.78 is 5.71. The highest BCUT2D eigenvalue weighted by molar-refractivity contribution is 4.84. The molecule has 1 aliphatic rings. The Morgan fingerprint density at radius 3 is 2.68 bits per heavy atom. The molecule has 0 aromatic carbocycles. The van der Waals surface area contributed by atoms with Gasteiger partial charge in [-0.25, -0.2) is 0 Å². The summed E-state index contributed by atoms with van der Waals surface area (Å²) in [5, 5.41) is 3.66. The van der Waals surface area contributed by atoms with Gasteiger partial charge < -0.3 is 15.0 Å². The molecule has 0 spiro atoms. The number of ether oxygens (including phenoxy) is 1. The number of nitrogens with zero attached hydrogens (tertiary/aromatic N) is 2. The van der Waals surface area contributed by atoms with Gasteiger partial charge in [0.2, 0.25) is 0 Å². The average Bonchev–Trinajstić information content (AvgIpc) is 2.31. The van der Waals surface area contributed by atoms with E-state index in [1.165, 1.54) is 6.42 Å². The Bertz CT molecular complexity index is 233. The smallest absolute Gasteiger partial charge is 0.0594 e. The summed E-state index contributed by atoms with van der Waals surface area (Å²) in [6.07, 6.45) is 1.27. The Kier molecular flexibility index (Phi) is 7.91. The van der Waals surface area contributed by atoms with E-state index in [9.17, 15) is 0 Å². The van der Waals surface area contributed by atoms with Crippen molar-refractivity contribution in [1.29, 1.82) is 0 Å². The standard InChI is InChI=1S/C15H33N3O/c1-13(2)10-15-12-18(14(3)11-16-15)7-9-19-8-6-17(4)5/h13-16H,6-12H2,1-5H3. The van der Waals surface area contributed by atoms with Gasteiger partial charge in [0.15, 0.2) is 0 Å². The zero-order valence-electron chi connectivity index (χ0n) is 13.5. The van der Waals surface area contributed by atoms with Crippen molar-refractivity contribution in [3.8, 4) is 0 Å². The highest BCUT2D eigenvalue weighted by Crippen LogP contribution is 2.12. The molecule has 114 valence electrons. The molecule has 1 heterocycles. The van der Waals surface area contributed by atoms with Crippen molar-refractivity contribution >= 4 is 0 Å². The Morgan fingerprint density at radius 2 is 2.05 bits per heavy atom. The fourth-order valence-electron chi connectivity index (χ4n) is 2.56. The quantitative estimate of drug-likeness (QED) is 0.673. The van der Waals surface area contributed by atoms with Gasteiger partial charge in [0, 0.05) is 38.3 Å². The molecule has 0 aromatic rings. The molecule has 0 aliphatic carbocycles. The van der Waals surface area contributed by atoms with Gasteiger partial charge in [-0.2, -0.15) is 0 Å². The molecule has 1 saturated heterocycles. The lowest BCUT2D eigenvalue weighted by molar-refractivity contribution is 0.0619. The molecule has 2 atom stereocenters. The number of rotatable bonds is 8. The molecule has 19 heavy (non-hydrogen) atoms. The number of hydrogen-bond acceptors (Lipinski definition) is 4. The lowest BCUT2D eigenvalue weighted by atomic mass is 10.0. The molecular formula is C15H33N3O. The highest BCUT2D eigenvalue weighted by Gasteiger charge is 2.24. The molecule has 4 heteroatoms. The first-order chi connectivity index (χ1) is 8.99. The lowest BCUT2D eigenvalue weighted by Crippen LogP contribution is -2.56. The maximum Gasteiger partial charge on any atom is 0.0594 e. The van der Waals surface area contributed by atoms with E-state index in [0.717, 1.165) is 45.3 Å². The monoisotopic (exact) mass is 271 g/mol. The number of likely N-dealkylation sites (N-methyl/N-ethyl adjacent to an activating group) is 1. The average molecular weight is 271 g/mol. The van der Waals surface area contributed by atoms with Crippen LogP contribution < -0.4 is 5.32 Å². The van der Waals surface area contributed by atoms with Crippen molar-refractivity contribution in [3.63, 3.8) is 0 Å². The molecule has 1 fully saturated rings. The van der Waals surface area contributed by atoms with E-state index in [0.29, 0.717) is 12.1 Å². The largest absolute Gasteiger partial charge is 0.379 e. The van der Waals surface area contributed by atoms with E-state index in [4.69, 9.17) is 4.74 Å². The fourth-order valence-corrected chi connectivity index (χ4v) is 2.56. The van der Waals surface area contributed by atoms with Crippen LogP contribution in [0.15, 0.2) is 0 Å². The van der Waals surface area contributed by atoms with E-state index in [2.05, 4.69) is 50.0 Å². The molecule has 0 bridgehead atoms. The van der Waals surface area contributed by atoms with E-state index in [-0.39, 0.29) is 0 Å². The number of nitrogens with one attached hydrogen (secondary N) is 1. The Balaban J connectivity index is 2.19. The lowest BCUT2D eigenvalue weighted by Gasteiger charge is -2.39. The summed E-state index contributed by atoms with van der Waals surface area (Å²) in [5.74, 6) is 0.768. The van der Waals surface area contributed by atoms with E-state index < -0.39 is 0 Å². The highest BCUT2D eigenvalue weighted by atomic mass is 16.5. The molecule has 0 radical (unpaired) electrons. The normalized spacial score (nSPS) is 25.4. The third-order valence-corrected chi connectivity index (χ3v) is 3.74. The Morgan fingerprint density at radius 1 is 1.32 bits per heavy atom. The second-order valence-electron chi connectivity index (χ2n) is 6.49. The van der Waals surface area contributed by atoms with Crippen LogP contribution in [0.5, 0.6) is 0 Å². The van der Waals surface area contributed by atoms with Crippen LogP contribution in [0.2, 0.25) is 0 Å².